The molecule has 0 saturated heterocycles. The fraction of sp³-hybridized carbons (Fsp3) is 0.278. The number of rotatable bonds is 8. The Labute approximate surface area is 154 Å². The molecule has 2 N–H and O–H groups in total. The van der Waals surface area contributed by atoms with Crippen LogP contribution in [0.4, 0.5) is 11.4 Å². The van der Waals surface area contributed by atoms with Gasteiger partial charge in [0, 0.05) is 19.8 Å². The molecule has 8 heteroatoms. The standard InChI is InChI=1S/C18H23N3O4S/c1-4-25-17-11-6-5-10-16(17)19-13-18(22)20-14-8-7-9-15(12-14)26(23,24)21(2)3/h5-12,19H,4,13H2,1-3H3,(H,20,22). The minimum atomic E-state index is -3.55. The first kappa shape index (κ1) is 19.7. The third kappa shape index (κ3) is 4.96. The highest BCUT2D eigenvalue weighted by molar-refractivity contribution is 7.89. The Balaban J connectivity index is 2.03. The maximum absolute atomic E-state index is 12.2. The topological polar surface area (TPSA) is 87.7 Å². The number of para-hydroxylation sites is 2. The molecular weight excluding hydrogens is 354 g/mol. The third-order valence-electron chi connectivity index (χ3n) is 3.52. The van der Waals surface area contributed by atoms with Gasteiger partial charge in [-0.15, -0.1) is 0 Å². The van der Waals surface area contributed by atoms with Gasteiger partial charge in [-0.1, -0.05) is 18.2 Å². The van der Waals surface area contributed by atoms with Crippen molar-refractivity contribution in [1.82, 2.24) is 4.31 Å². The van der Waals surface area contributed by atoms with E-state index in [9.17, 15) is 13.2 Å². The molecule has 2 aromatic carbocycles. The zero-order valence-corrected chi connectivity index (χ0v) is 15.8. The minimum absolute atomic E-state index is 0.0226. The lowest BCUT2D eigenvalue weighted by Gasteiger charge is -2.14. The molecule has 0 aromatic heterocycles. The van der Waals surface area contributed by atoms with Crippen LogP contribution in [0.2, 0.25) is 0 Å². The van der Waals surface area contributed by atoms with E-state index in [2.05, 4.69) is 10.6 Å². The van der Waals surface area contributed by atoms with E-state index in [4.69, 9.17) is 4.74 Å². The van der Waals surface area contributed by atoms with Gasteiger partial charge in [0.15, 0.2) is 0 Å². The molecule has 0 unspecified atom stereocenters. The Morgan fingerprint density at radius 3 is 2.54 bits per heavy atom. The quantitative estimate of drug-likeness (QED) is 0.737. The number of sulfonamides is 1. The van der Waals surface area contributed by atoms with Gasteiger partial charge >= 0.3 is 0 Å². The van der Waals surface area contributed by atoms with E-state index >= 15 is 0 Å². The first-order chi connectivity index (χ1) is 12.3. The maximum atomic E-state index is 12.2. The van der Waals surface area contributed by atoms with Crippen LogP contribution in [0.15, 0.2) is 53.4 Å². The van der Waals surface area contributed by atoms with Gasteiger partial charge in [0.1, 0.15) is 5.75 Å². The van der Waals surface area contributed by atoms with Crippen LogP contribution >= 0.6 is 0 Å². The Morgan fingerprint density at radius 1 is 1.12 bits per heavy atom. The van der Waals surface area contributed by atoms with Crippen molar-refractivity contribution < 1.29 is 17.9 Å². The molecule has 7 nitrogen and oxygen atoms in total. The van der Waals surface area contributed by atoms with Crippen LogP contribution in [0.3, 0.4) is 0 Å². The molecule has 0 aliphatic heterocycles. The highest BCUT2D eigenvalue weighted by atomic mass is 32.2. The highest BCUT2D eigenvalue weighted by Gasteiger charge is 2.17. The Hall–Kier alpha value is -2.58. The van der Waals surface area contributed by atoms with Crippen molar-refractivity contribution in [2.24, 2.45) is 0 Å². The van der Waals surface area contributed by atoms with Crippen molar-refractivity contribution in [3.8, 4) is 5.75 Å². The molecule has 0 aliphatic rings. The summed E-state index contributed by atoms with van der Waals surface area (Å²) in [5, 5.41) is 5.71. The molecule has 0 saturated carbocycles. The number of nitrogens with one attached hydrogen (secondary N) is 2. The molecule has 0 radical (unpaired) electrons. The van der Waals surface area contributed by atoms with Crippen molar-refractivity contribution in [3.63, 3.8) is 0 Å². The Bertz CT molecular complexity index is 866. The normalized spacial score (nSPS) is 11.2. The van der Waals surface area contributed by atoms with Gasteiger partial charge in [-0.3, -0.25) is 4.79 Å². The zero-order valence-electron chi connectivity index (χ0n) is 15.0. The van der Waals surface area contributed by atoms with Crippen LogP contribution in [-0.4, -0.2) is 45.9 Å². The first-order valence-electron chi connectivity index (χ1n) is 8.12. The van der Waals surface area contributed by atoms with E-state index in [0.717, 1.165) is 4.31 Å². The molecule has 1 amide bonds. The van der Waals surface area contributed by atoms with Gasteiger partial charge in [0.2, 0.25) is 15.9 Å². The van der Waals surface area contributed by atoms with Crippen molar-refractivity contribution in [1.29, 1.82) is 0 Å². The monoisotopic (exact) mass is 377 g/mol. The van der Waals surface area contributed by atoms with E-state index in [0.29, 0.717) is 23.7 Å². The molecule has 0 aliphatic carbocycles. The molecule has 26 heavy (non-hydrogen) atoms. The fourth-order valence-corrected chi connectivity index (χ4v) is 3.17. The summed E-state index contributed by atoms with van der Waals surface area (Å²) in [5.41, 5.74) is 1.13. The van der Waals surface area contributed by atoms with Crippen molar-refractivity contribution >= 4 is 27.3 Å². The summed E-state index contributed by atoms with van der Waals surface area (Å²) in [6, 6.07) is 13.5. The maximum Gasteiger partial charge on any atom is 0.243 e. The van der Waals surface area contributed by atoms with Gasteiger partial charge in [-0.05, 0) is 37.3 Å². The van der Waals surface area contributed by atoms with Gasteiger partial charge < -0.3 is 15.4 Å². The van der Waals surface area contributed by atoms with Crippen LogP contribution in [-0.2, 0) is 14.8 Å². The predicted molar refractivity (Wildman–Crippen MR) is 102 cm³/mol. The van der Waals surface area contributed by atoms with Crippen LogP contribution in [0.5, 0.6) is 5.75 Å². The summed E-state index contributed by atoms with van der Waals surface area (Å²) in [6.07, 6.45) is 0. The smallest absolute Gasteiger partial charge is 0.243 e. The summed E-state index contributed by atoms with van der Waals surface area (Å²) in [6.45, 7) is 2.44. The average molecular weight is 377 g/mol. The summed E-state index contributed by atoms with van der Waals surface area (Å²) in [5.74, 6) is 0.373. The second kappa shape index (κ2) is 8.68. The molecule has 0 atom stereocenters. The average Bonchev–Trinajstić information content (AvgIpc) is 2.61. The molecule has 2 aromatic rings. The van der Waals surface area contributed by atoms with Crippen molar-refractivity contribution in [2.45, 2.75) is 11.8 Å². The molecular formula is C18H23N3O4S. The van der Waals surface area contributed by atoms with Crippen molar-refractivity contribution in [2.75, 3.05) is 37.9 Å². The lowest BCUT2D eigenvalue weighted by Crippen LogP contribution is -2.23. The van der Waals surface area contributed by atoms with Crippen LogP contribution < -0.4 is 15.4 Å². The van der Waals surface area contributed by atoms with E-state index in [1.165, 1.54) is 26.2 Å². The lowest BCUT2D eigenvalue weighted by molar-refractivity contribution is -0.114. The van der Waals surface area contributed by atoms with Gasteiger partial charge in [0.05, 0.1) is 23.7 Å². The zero-order chi connectivity index (χ0) is 19.2. The predicted octanol–water partition coefficient (Wildman–Crippen LogP) is 2.39. The number of hydrogen-bond donors (Lipinski definition) is 2. The van der Waals surface area contributed by atoms with E-state index in [-0.39, 0.29) is 17.3 Å². The van der Waals surface area contributed by atoms with Crippen LogP contribution in [0.1, 0.15) is 6.92 Å². The fourth-order valence-electron chi connectivity index (χ4n) is 2.22. The largest absolute Gasteiger partial charge is 0.492 e. The molecule has 0 spiro atoms. The number of amides is 1. The number of nitrogens with zero attached hydrogens (tertiary/aromatic N) is 1. The van der Waals surface area contributed by atoms with E-state index in [1.54, 1.807) is 12.1 Å². The van der Waals surface area contributed by atoms with Crippen LogP contribution in [0.25, 0.3) is 0 Å². The Morgan fingerprint density at radius 2 is 1.85 bits per heavy atom. The van der Waals surface area contributed by atoms with Gasteiger partial charge in [-0.25, -0.2) is 12.7 Å². The second-order valence-electron chi connectivity index (χ2n) is 5.65. The van der Waals surface area contributed by atoms with Gasteiger partial charge in [0.25, 0.3) is 0 Å². The molecule has 0 fully saturated rings. The Kier molecular flexibility index (Phi) is 6.59. The first-order valence-corrected chi connectivity index (χ1v) is 9.56. The summed E-state index contributed by atoms with van der Waals surface area (Å²) < 4.78 is 31.0. The number of carbonyl (C=O) groups excluding carboxylic acids is 1. The van der Waals surface area contributed by atoms with Gasteiger partial charge in [-0.2, -0.15) is 0 Å². The summed E-state index contributed by atoms with van der Waals surface area (Å²) >= 11 is 0. The molecule has 2 rings (SSSR count). The highest BCUT2D eigenvalue weighted by Crippen LogP contribution is 2.23. The minimum Gasteiger partial charge on any atom is -0.492 e. The van der Waals surface area contributed by atoms with E-state index < -0.39 is 10.0 Å². The number of anilines is 2. The molecule has 0 bridgehead atoms. The molecule has 140 valence electrons. The van der Waals surface area contributed by atoms with Crippen LogP contribution in [0, 0.1) is 0 Å². The van der Waals surface area contributed by atoms with E-state index in [1.807, 2.05) is 31.2 Å². The lowest BCUT2D eigenvalue weighted by atomic mass is 10.3. The second-order valence-corrected chi connectivity index (χ2v) is 7.80. The number of ether oxygens (including phenoxy) is 1. The van der Waals surface area contributed by atoms with Crippen molar-refractivity contribution in [3.05, 3.63) is 48.5 Å². The SMILES string of the molecule is CCOc1ccccc1NCC(=O)Nc1cccc(S(=O)(=O)N(C)C)c1. The number of hydrogen-bond acceptors (Lipinski definition) is 5. The number of benzene rings is 2. The molecule has 0 heterocycles. The number of carbonyl (C=O) groups is 1. The summed E-state index contributed by atoms with van der Waals surface area (Å²) in [7, 11) is -0.635. The summed E-state index contributed by atoms with van der Waals surface area (Å²) in [4.78, 5) is 12.3. The third-order valence-corrected chi connectivity index (χ3v) is 5.33.